The predicted octanol–water partition coefficient (Wildman–Crippen LogP) is 5.31. The van der Waals surface area contributed by atoms with Crippen molar-refractivity contribution >= 4 is 35.8 Å². The molecule has 9 rings (SSSR count). The lowest BCUT2D eigenvalue weighted by atomic mass is 9.83. The Morgan fingerprint density at radius 1 is 0.246 bits per heavy atom. The van der Waals surface area contributed by atoms with Gasteiger partial charge in [-0.25, -0.2) is 14.4 Å². The van der Waals surface area contributed by atoms with Gasteiger partial charge in [-0.2, -0.15) is 0 Å². The first-order valence-electron chi connectivity index (χ1n) is 17.9. The van der Waals surface area contributed by atoms with Gasteiger partial charge in [0, 0.05) is 0 Å². The number of carbonyl (C=O) groups is 6. The maximum Gasteiger partial charge on any atom is 0.322 e. The van der Waals surface area contributed by atoms with E-state index in [0.29, 0.717) is 0 Å². The molecule has 0 aliphatic carbocycles. The van der Waals surface area contributed by atoms with Crippen LogP contribution in [0.1, 0.15) is 33.4 Å². The number of hydrogen-bond acceptors (Lipinski definition) is 6. The minimum absolute atomic E-state index is 0.352. The number of imide groups is 3. The fourth-order valence-electron chi connectivity index (χ4n) is 7.21. The zero-order valence-electron chi connectivity index (χ0n) is 30.3. The molecule has 3 aliphatic heterocycles. The average Bonchev–Trinajstić information content (AvgIpc) is 3.87. The molecule has 12 nitrogen and oxygen atoms in total. The van der Waals surface area contributed by atoms with Crippen molar-refractivity contribution in [1.29, 1.82) is 0 Å². The molecule has 3 saturated heterocycles. The molecule has 6 aromatic carbocycles. The van der Waals surface area contributed by atoms with Crippen LogP contribution in [0, 0.1) is 0 Å². The van der Waals surface area contributed by atoms with Gasteiger partial charge in [0.1, 0.15) is 0 Å². The van der Waals surface area contributed by atoms with Crippen molar-refractivity contribution < 1.29 is 28.8 Å². The van der Waals surface area contributed by atoms with Gasteiger partial charge in [-0.1, -0.05) is 182 Å². The monoisotopic (exact) mass is 756 g/mol. The molecule has 3 heterocycles. The third kappa shape index (κ3) is 6.98. The van der Waals surface area contributed by atoms with Crippen LogP contribution in [0.5, 0.6) is 0 Å². The molecule has 0 unspecified atom stereocenters. The largest absolute Gasteiger partial charge is 0.322 e. The van der Waals surface area contributed by atoms with Crippen LogP contribution in [0.2, 0.25) is 0 Å². The highest BCUT2D eigenvalue weighted by Crippen LogP contribution is 2.34. The first-order chi connectivity index (χ1) is 27.7. The van der Waals surface area contributed by atoms with Crippen LogP contribution in [0.4, 0.5) is 14.4 Å². The number of carbonyl (C=O) groups excluding carboxylic acids is 6. The number of hydrogen-bond donors (Lipinski definition) is 6. The molecule has 0 atom stereocenters. The van der Waals surface area contributed by atoms with Gasteiger partial charge in [0.2, 0.25) is 0 Å². The van der Waals surface area contributed by atoms with E-state index in [1.807, 2.05) is 182 Å². The normalized spacial score (nSPS) is 16.8. The molecule has 9 amide bonds. The number of rotatable bonds is 6. The molecule has 0 saturated carbocycles. The van der Waals surface area contributed by atoms with Crippen molar-refractivity contribution in [3.8, 4) is 0 Å². The van der Waals surface area contributed by atoms with E-state index in [9.17, 15) is 28.8 Å². The molecule has 57 heavy (non-hydrogen) atoms. The first-order valence-corrected chi connectivity index (χ1v) is 17.9. The molecule has 6 N–H and O–H groups in total. The Hall–Kier alpha value is -7.86. The molecule has 12 heteroatoms. The molecular weight excluding hydrogens is 721 g/mol. The van der Waals surface area contributed by atoms with Crippen LogP contribution in [0.25, 0.3) is 0 Å². The lowest BCUT2D eigenvalue weighted by Gasteiger charge is -2.27. The maximum absolute atomic E-state index is 12.3. The highest BCUT2D eigenvalue weighted by molar-refractivity contribution is 6.11. The summed E-state index contributed by atoms with van der Waals surface area (Å²) in [6.07, 6.45) is 0. The summed E-state index contributed by atoms with van der Waals surface area (Å²) in [5.74, 6) is -1.06. The molecule has 282 valence electrons. The quantitative estimate of drug-likeness (QED) is 0.126. The molecule has 0 spiro atoms. The van der Waals surface area contributed by atoms with E-state index in [-0.39, 0.29) is 17.7 Å². The summed E-state index contributed by atoms with van der Waals surface area (Å²) in [5.41, 5.74) is 1.02. The van der Waals surface area contributed by atoms with Crippen molar-refractivity contribution in [3.05, 3.63) is 215 Å². The van der Waals surface area contributed by atoms with Gasteiger partial charge in [0.15, 0.2) is 16.6 Å². The zero-order chi connectivity index (χ0) is 39.9. The van der Waals surface area contributed by atoms with Crippen molar-refractivity contribution in [2.45, 2.75) is 16.6 Å². The van der Waals surface area contributed by atoms with Crippen LogP contribution in [0.15, 0.2) is 182 Å². The molecular formula is C45H36N6O6. The molecule has 0 bridgehead atoms. The van der Waals surface area contributed by atoms with E-state index < -0.39 is 34.7 Å². The summed E-state index contributed by atoms with van der Waals surface area (Å²) in [4.78, 5) is 71.7. The fraction of sp³-hybridized carbons (Fsp3) is 0.0667. The Morgan fingerprint density at radius 2 is 0.404 bits per heavy atom. The summed E-state index contributed by atoms with van der Waals surface area (Å²) in [6.45, 7) is 0. The van der Waals surface area contributed by atoms with Gasteiger partial charge < -0.3 is 16.0 Å². The number of amides is 9. The van der Waals surface area contributed by atoms with Crippen molar-refractivity contribution in [2.24, 2.45) is 0 Å². The van der Waals surface area contributed by atoms with Crippen molar-refractivity contribution in [1.82, 2.24) is 31.9 Å². The molecule has 0 aromatic heterocycles. The van der Waals surface area contributed by atoms with E-state index in [1.54, 1.807) is 0 Å². The minimum Gasteiger partial charge on any atom is -0.316 e. The number of benzene rings is 6. The van der Waals surface area contributed by atoms with E-state index in [4.69, 9.17) is 0 Å². The van der Waals surface area contributed by atoms with Gasteiger partial charge in [-0.05, 0) is 33.4 Å². The zero-order valence-corrected chi connectivity index (χ0v) is 30.3. The van der Waals surface area contributed by atoms with Crippen LogP contribution in [-0.2, 0) is 31.0 Å². The molecule has 0 radical (unpaired) electrons. The van der Waals surface area contributed by atoms with Crippen molar-refractivity contribution in [3.63, 3.8) is 0 Å². The van der Waals surface area contributed by atoms with Crippen LogP contribution >= 0.6 is 0 Å². The minimum atomic E-state index is -1.14. The predicted molar refractivity (Wildman–Crippen MR) is 211 cm³/mol. The molecule has 6 aromatic rings. The average molecular weight is 757 g/mol. The Labute approximate surface area is 327 Å². The van der Waals surface area contributed by atoms with Gasteiger partial charge >= 0.3 is 18.1 Å². The van der Waals surface area contributed by atoms with E-state index in [0.717, 1.165) is 33.4 Å². The van der Waals surface area contributed by atoms with E-state index in [2.05, 4.69) is 31.9 Å². The van der Waals surface area contributed by atoms with Gasteiger partial charge in [0.05, 0.1) is 0 Å². The number of urea groups is 3. The van der Waals surface area contributed by atoms with Crippen LogP contribution in [0.3, 0.4) is 0 Å². The second-order valence-corrected chi connectivity index (χ2v) is 13.2. The van der Waals surface area contributed by atoms with Gasteiger partial charge in [0.25, 0.3) is 17.7 Å². The lowest BCUT2D eigenvalue weighted by Crippen LogP contribution is -2.44. The summed E-state index contributed by atoms with van der Waals surface area (Å²) < 4.78 is 0. The number of nitrogens with one attached hydrogen (secondary N) is 6. The Bertz CT molecular complexity index is 2020. The highest BCUT2D eigenvalue weighted by atomic mass is 16.2. The summed E-state index contributed by atoms with van der Waals surface area (Å²) >= 11 is 0. The van der Waals surface area contributed by atoms with E-state index >= 15 is 0 Å². The summed E-state index contributed by atoms with van der Waals surface area (Å²) in [5, 5.41) is 15.2. The third-order valence-corrected chi connectivity index (χ3v) is 9.85. The van der Waals surface area contributed by atoms with Crippen LogP contribution < -0.4 is 31.9 Å². The Balaban J connectivity index is 0.000000131. The lowest BCUT2D eigenvalue weighted by molar-refractivity contribution is -0.123. The van der Waals surface area contributed by atoms with Gasteiger partial charge in [-0.3, -0.25) is 30.3 Å². The topological polar surface area (TPSA) is 175 Å². The maximum atomic E-state index is 12.3. The summed E-state index contributed by atoms with van der Waals surface area (Å²) in [6, 6.07) is 53.9. The van der Waals surface area contributed by atoms with Crippen LogP contribution in [-0.4, -0.2) is 35.8 Å². The van der Waals surface area contributed by atoms with Crippen molar-refractivity contribution in [2.75, 3.05) is 0 Å². The SMILES string of the molecule is O=C1NC(=O)C(c2ccccc2)(c2ccccc2)N1.O=C1NC(=O)C(c2ccccc2)(c2ccccc2)N1.O=C1NC(=O)C(c2ccccc2)(c2ccccc2)N1. The fourth-order valence-corrected chi connectivity index (χ4v) is 7.21. The third-order valence-electron chi connectivity index (χ3n) is 9.85. The Kier molecular flexibility index (Phi) is 10.4. The smallest absolute Gasteiger partial charge is 0.316 e. The van der Waals surface area contributed by atoms with Gasteiger partial charge in [-0.15, -0.1) is 0 Å². The second kappa shape index (κ2) is 15.9. The standard InChI is InChI=1S/3C15H12N2O2/c3*18-13-15(17-14(19)16-13,11-7-3-1-4-8-11)12-9-5-2-6-10-12/h3*1-10H,(H2,16,17,18,19). The summed E-state index contributed by atoms with van der Waals surface area (Å²) in [7, 11) is 0. The Morgan fingerprint density at radius 3 is 0.526 bits per heavy atom. The first kappa shape index (κ1) is 37.5. The van der Waals surface area contributed by atoms with E-state index in [1.165, 1.54) is 0 Å². The molecule has 3 aliphatic rings. The molecule has 3 fully saturated rings. The highest BCUT2D eigenvalue weighted by Gasteiger charge is 2.51. The second-order valence-electron chi connectivity index (χ2n) is 13.2.